The summed E-state index contributed by atoms with van der Waals surface area (Å²) in [6.45, 7) is 2.30. The van der Waals surface area contributed by atoms with Gasteiger partial charge in [0.25, 0.3) is 0 Å². The fourth-order valence-corrected chi connectivity index (χ4v) is 11.3. The van der Waals surface area contributed by atoms with Crippen LogP contribution < -0.4 is 0 Å². The summed E-state index contributed by atoms with van der Waals surface area (Å²) in [5.41, 5.74) is 15.7. The van der Waals surface area contributed by atoms with Gasteiger partial charge in [0.1, 0.15) is 0 Å². The number of rotatable bonds is 8. The van der Waals surface area contributed by atoms with E-state index in [2.05, 4.69) is 206 Å². The topological polar surface area (TPSA) is 43.6 Å². The number of allylic oxidation sites excluding steroid dienone is 4. The van der Waals surface area contributed by atoms with Crippen molar-refractivity contribution >= 4 is 59.0 Å². The van der Waals surface area contributed by atoms with Crippen LogP contribution in [-0.4, -0.2) is 19.5 Å². The van der Waals surface area contributed by atoms with Crippen LogP contribution in [-0.2, 0) is 0 Å². The van der Waals surface area contributed by atoms with Crippen LogP contribution in [0.15, 0.2) is 231 Å². The van der Waals surface area contributed by atoms with Crippen molar-refractivity contribution in [3.8, 4) is 78.7 Å². The number of thiophene rings is 1. The Kier molecular flexibility index (Phi) is 10.0. The van der Waals surface area contributed by atoms with Gasteiger partial charge in [-0.3, -0.25) is 0 Å². The highest BCUT2D eigenvalue weighted by Gasteiger charge is 2.21. The molecule has 1 atom stereocenters. The van der Waals surface area contributed by atoms with Crippen LogP contribution >= 0.6 is 11.3 Å². The van der Waals surface area contributed by atoms with Gasteiger partial charge in [-0.1, -0.05) is 189 Å². The van der Waals surface area contributed by atoms with E-state index in [-0.39, 0.29) is 0 Å². The molecule has 12 aromatic rings. The monoisotopic (exact) mass is 900 g/mol. The maximum absolute atomic E-state index is 5.32. The van der Waals surface area contributed by atoms with Gasteiger partial charge in [-0.25, -0.2) is 15.0 Å². The van der Waals surface area contributed by atoms with E-state index in [0.717, 1.165) is 45.4 Å². The molecule has 4 nitrogen and oxygen atoms in total. The Morgan fingerprint density at radius 1 is 0.391 bits per heavy atom. The Hall–Kier alpha value is -8.51. The van der Waals surface area contributed by atoms with Crippen molar-refractivity contribution in [1.29, 1.82) is 0 Å². The molecule has 0 aliphatic heterocycles. The van der Waals surface area contributed by atoms with E-state index in [1.807, 2.05) is 47.7 Å². The number of hydrogen-bond acceptors (Lipinski definition) is 4. The highest BCUT2D eigenvalue weighted by atomic mass is 32.1. The quantitative estimate of drug-likeness (QED) is 0.153. The lowest BCUT2D eigenvalue weighted by atomic mass is 9.89. The molecule has 1 aliphatic carbocycles. The summed E-state index contributed by atoms with van der Waals surface area (Å²) in [6, 6.07) is 76.1. The highest BCUT2D eigenvalue weighted by molar-refractivity contribution is 7.25. The van der Waals surface area contributed by atoms with E-state index in [1.165, 1.54) is 69.9 Å². The molecule has 3 aromatic heterocycles. The first kappa shape index (κ1) is 40.7. The van der Waals surface area contributed by atoms with Crippen LogP contribution in [0.4, 0.5) is 0 Å². The van der Waals surface area contributed by atoms with E-state index in [1.54, 1.807) is 0 Å². The molecular weight excluding hydrogens is 857 g/mol. The van der Waals surface area contributed by atoms with Crippen molar-refractivity contribution in [3.05, 3.63) is 231 Å². The first-order valence-electron chi connectivity index (χ1n) is 23.6. The maximum Gasteiger partial charge on any atom is 0.164 e. The van der Waals surface area contributed by atoms with Crippen LogP contribution in [0.1, 0.15) is 13.3 Å². The molecule has 326 valence electrons. The first-order chi connectivity index (χ1) is 34.1. The maximum atomic E-state index is 5.32. The molecule has 0 fully saturated rings. The van der Waals surface area contributed by atoms with Crippen molar-refractivity contribution in [1.82, 2.24) is 19.5 Å². The number of nitrogens with zero attached hydrogens (tertiary/aromatic N) is 4. The van der Waals surface area contributed by atoms with Crippen molar-refractivity contribution < 1.29 is 0 Å². The second-order valence-electron chi connectivity index (χ2n) is 18.0. The molecule has 1 unspecified atom stereocenters. The summed E-state index contributed by atoms with van der Waals surface area (Å²) >= 11 is 1.86. The standard InChI is InChI=1S/C64H44N4S/c1-41-17-16-26-49(35-41)68-58-28-15-14-27-52(58)54-39-56-55-38-48(31-34-60(55)69-61(56)40-59(54)68)51-33-30-47(46-29-32-50(42-18-6-2-7-19-42)53(36-46)43-20-8-3-9-21-43)37-57(51)64-66-62(44-22-10-4-11-23-44)65-63(67-64)45-24-12-5-13-25-45/h2-34,36-41H,35H2,1H3. The molecule has 0 saturated carbocycles. The van der Waals surface area contributed by atoms with Gasteiger partial charge in [-0.05, 0) is 105 Å². The Bertz CT molecular complexity index is 3920. The number of para-hydroxylation sites is 1. The minimum absolute atomic E-state index is 0.492. The van der Waals surface area contributed by atoms with Crippen LogP contribution in [0.25, 0.3) is 126 Å². The Morgan fingerprint density at radius 2 is 0.928 bits per heavy atom. The fourth-order valence-electron chi connectivity index (χ4n) is 10.2. The van der Waals surface area contributed by atoms with Crippen molar-refractivity contribution in [2.75, 3.05) is 0 Å². The molecular formula is C64H44N4S. The van der Waals surface area contributed by atoms with Gasteiger partial charge in [-0.2, -0.15) is 0 Å². The number of benzene rings is 9. The smallest absolute Gasteiger partial charge is 0.164 e. The summed E-state index contributed by atoms with van der Waals surface area (Å²) in [5, 5.41) is 5.05. The first-order valence-corrected chi connectivity index (χ1v) is 24.5. The lowest BCUT2D eigenvalue weighted by molar-refractivity contribution is 0.730. The minimum Gasteiger partial charge on any atom is -0.313 e. The van der Waals surface area contributed by atoms with Gasteiger partial charge in [0.2, 0.25) is 0 Å². The third kappa shape index (κ3) is 7.36. The predicted octanol–water partition coefficient (Wildman–Crippen LogP) is 17.5. The Balaban J connectivity index is 1.02. The van der Waals surface area contributed by atoms with Crippen LogP contribution in [0.5, 0.6) is 0 Å². The molecule has 1 aliphatic rings. The fraction of sp³-hybridized carbons (Fsp3) is 0.0469. The molecule has 0 spiro atoms. The normalized spacial score (nSPS) is 13.7. The van der Waals surface area contributed by atoms with Gasteiger partial charge in [0.15, 0.2) is 17.5 Å². The van der Waals surface area contributed by atoms with Crippen molar-refractivity contribution in [2.45, 2.75) is 13.3 Å². The van der Waals surface area contributed by atoms with Gasteiger partial charge in [0, 0.05) is 53.3 Å². The summed E-state index contributed by atoms with van der Waals surface area (Å²) in [7, 11) is 0. The minimum atomic E-state index is 0.492. The highest BCUT2D eigenvalue weighted by Crippen LogP contribution is 2.45. The Morgan fingerprint density at radius 3 is 1.58 bits per heavy atom. The van der Waals surface area contributed by atoms with Gasteiger partial charge in [-0.15, -0.1) is 11.3 Å². The van der Waals surface area contributed by atoms with E-state index < -0.39 is 0 Å². The summed E-state index contributed by atoms with van der Waals surface area (Å²) in [4.78, 5) is 15.7. The number of fused-ring (bicyclic) bond motifs is 6. The van der Waals surface area contributed by atoms with Crippen LogP contribution in [0, 0.1) is 5.92 Å². The zero-order valence-electron chi connectivity index (χ0n) is 37.9. The van der Waals surface area contributed by atoms with Gasteiger partial charge < -0.3 is 4.57 Å². The lowest BCUT2D eigenvalue weighted by Gasteiger charge is -2.18. The van der Waals surface area contributed by atoms with Crippen molar-refractivity contribution in [2.24, 2.45) is 5.92 Å². The molecule has 0 bridgehead atoms. The number of aromatic nitrogens is 4. The van der Waals surface area contributed by atoms with E-state index in [0.29, 0.717) is 23.4 Å². The zero-order chi connectivity index (χ0) is 45.8. The number of hydrogen-bond donors (Lipinski definition) is 0. The van der Waals surface area contributed by atoms with Gasteiger partial charge >= 0.3 is 0 Å². The average Bonchev–Trinajstić information content (AvgIpc) is 3.95. The molecule has 0 radical (unpaired) electrons. The third-order valence-electron chi connectivity index (χ3n) is 13.6. The second kappa shape index (κ2) is 17.0. The summed E-state index contributed by atoms with van der Waals surface area (Å²) in [6.07, 6.45) is 7.81. The van der Waals surface area contributed by atoms with Crippen LogP contribution in [0.2, 0.25) is 0 Å². The molecule has 9 aromatic carbocycles. The lowest BCUT2D eigenvalue weighted by Crippen LogP contribution is -2.03. The molecule has 13 rings (SSSR count). The molecule has 0 amide bonds. The molecule has 0 N–H and O–H groups in total. The molecule has 69 heavy (non-hydrogen) atoms. The van der Waals surface area contributed by atoms with Crippen LogP contribution in [0.3, 0.4) is 0 Å². The molecule has 0 saturated heterocycles. The molecule has 3 heterocycles. The average molecular weight is 901 g/mol. The largest absolute Gasteiger partial charge is 0.313 e. The van der Waals surface area contributed by atoms with E-state index >= 15 is 0 Å². The van der Waals surface area contributed by atoms with E-state index in [9.17, 15) is 0 Å². The van der Waals surface area contributed by atoms with Gasteiger partial charge in [0.05, 0.1) is 11.0 Å². The molecule has 5 heteroatoms. The zero-order valence-corrected chi connectivity index (χ0v) is 38.7. The van der Waals surface area contributed by atoms with E-state index in [4.69, 9.17) is 15.0 Å². The predicted molar refractivity (Wildman–Crippen MR) is 291 cm³/mol. The Labute approximate surface area is 404 Å². The summed E-state index contributed by atoms with van der Waals surface area (Å²) in [5.74, 6) is 2.37. The second-order valence-corrected chi connectivity index (χ2v) is 19.1. The third-order valence-corrected chi connectivity index (χ3v) is 14.7. The SMILES string of the molecule is CC1C=CC=C(n2c3ccccc3c3cc4c(cc32)sc2ccc(-c3ccc(-c5ccc(-c6ccccc6)c(-c6ccccc6)c5)cc3-c3nc(-c5ccccc5)nc(-c5ccccc5)n3)cc24)C1. The van der Waals surface area contributed by atoms with Crippen molar-refractivity contribution in [3.63, 3.8) is 0 Å². The summed E-state index contributed by atoms with van der Waals surface area (Å²) < 4.78 is 5.03.